The van der Waals surface area contributed by atoms with E-state index in [0.29, 0.717) is 12.2 Å². The molecule has 0 atom stereocenters. The summed E-state index contributed by atoms with van der Waals surface area (Å²) in [6, 6.07) is 7.05. The van der Waals surface area contributed by atoms with Crippen molar-refractivity contribution in [2.45, 2.75) is 39.1 Å². The van der Waals surface area contributed by atoms with Crippen molar-refractivity contribution in [3.05, 3.63) is 29.8 Å². The van der Waals surface area contributed by atoms with E-state index in [1.54, 1.807) is 24.3 Å². The quantitative estimate of drug-likeness (QED) is 0.456. The highest BCUT2D eigenvalue weighted by Crippen LogP contribution is 2.18. The number of rotatable bonds is 5. The maximum atomic E-state index is 11.7. The summed E-state index contributed by atoms with van der Waals surface area (Å²) >= 11 is 0. The molecule has 0 amide bonds. The first kappa shape index (κ1) is 14.6. The number of carbonyl (C=O) groups excluding carboxylic acids is 1. The van der Waals surface area contributed by atoms with E-state index in [1.165, 1.54) is 0 Å². The molecule has 0 saturated carbocycles. The van der Waals surface area contributed by atoms with Gasteiger partial charge in [0.25, 0.3) is 0 Å². The molecule has 0 N–H and O–H groups in total. The van der Waals surface area contributed by atoms with Gasteiger partial charge in [0.15, 0.2) is 0 Å². The molecule has 0 aromatic heterocycles. The Morgan fingerprint density at radius 1 is 1.22 bits per heavy atom. The monoisotopic (exact) mass is 248 g/mol. The molecule has 1 aromatic carbocycles. The van der Waals surface area contributed by atoms with Crippen molar-refractivity contribution in [2.24, 2.45) is 0 Å². The van der Waals surface area contributed by atoms with E-state index >= 15 is 0 Å². The fourth-order valence-corrected chi connectivity index (χ4v) is 1.41. The lowest BCUT2D eigenvalue weighted by molar-refractivity contribution is 0.0505. The van der Waals surface area contributed by atoms with E-state index in [1.807, 2.05) is 20.8 Å². The van der Waals surface area contributed by atoms with Crippen molar-refractivity contribution in [2.75, 3.05) is 6.61 Å². The van der Waals surface area contributed by atoms with Gasteiger partial charge >= 0.3 is 5.97 Å². The first-order chi connectivity index (χ1) is 8.42. The minimum absolute atomic E-state index is 0.233. The molecule has 98 valence electrons. The molecule has 0 unspecified atom stereocenters. The van der Waals surface area contributed by atoms with Crippen LogP contribution in [0.1, 0.15) is 37.6 Å². The highest BCUT2D eigenvalue weighted by molar-refractivity contribution is 6.08. The summed E-state index contributed by atoms with van der Waals surface area (Å²) in [7, 11) is 2.06. The molecule has 0 aliphatic carbocycles. The zero-order chi connectivity index (χ0) is 13.6. The van der Waals surface area contributed by atoms with E-state index in [-0.39, 0.29) is 11.6 Å². The third-order valence-electron chi connectivity index (χ3n) is 2.25. The summed E-state index contributed by atoms with van der Waals surface area (Å²) in [4.78, 5) is 11.7. The van der Waals surface area contributed by atoms with E-state index < -0.39 is 0 Å². The van der Waals surface area contributed by atoms with E-state index in [0.717, 1.165) is 18.5 Å². The molecule has 0 fully saturated rings. The standard InChI is InChI=1S/C14H21BO3/c1-14(2,3)18-12-7-5-11(6-8-12)13(16)17-10-4-9-15/h5-8H,4,9-10,15H2,1-3H3. The van der Waals surface area contributed by atoms with Crippen LogP contribution in [0.5, 0.6) is 5.75 Å². The topological polar surface area (TPSA) is 35.5 Å². The van der Waals surface area contributed by atoms with Crippen molar-refractivity contribution < 1.29 is 14.3 Å². The normalized spacial score (nSPS) is 11.1. The molecular weight excluding hydrogens is 227 g/mol. The second kappa shape index (κ2) is 6.48. The number of carbonyl (C=O) groups is 1. The molecule has 0 radical (unpaired) electrons. The molecule has 0 heterocycles. The minimum atomic E-state index is -0.272. The summed E-state index contributed by atoms with van der Waals surface area (Å²) in [5.41, 5.74) is 0.329. The molecule has 0 spiro atoms. The van der Waals surface area contributed by atoms with Crippen LogP contribution in [0.3, 0.4) is 0 Å². The predicted octanol–water partition coefficient (Wildman–Crippen LogP) is 2.46. The van der Waals surface area contributed by atoms with Crippen molar-refractivity contribution in [3.8, 4) is 5.75 Å². The summed E-state index contributed by atoms with van der Waals surface area (Å²) in [6.45, 7) is 6.44. The van der Waals surface area contributed by atoms with Gasteiger partial charge in [-0.15, -0.1) is 0 Å². The summed E-state index contributed by atoms with van der Waals surface area (Å²) < 4.78 is 10.8. The first-order valence-electron chi connectivity index (χ1n) is 6.38. The van der Waals surface area contributed by atoms with Crippen LogP contribution >= 0.6 is 0 Å². The second-order valence-electron chi connectivity index (χ2n) is 5.23. The number of benzene rings is 1. The van der Waals surface area contributed by atoms with E-state index in [4.69, 9.17) is 9.47 Å². The van der Waals surface area contributed by atoms with Gasteiger partial charge < -0.3 is 9.47 Å². The summed E-state index contributed by atoms with van der Waals surface area (Å²) in [5, 5.41) is 0. The number of esters is 1. The van der Waals surface area contributed by atoms with Gasteiger partial charge in [-0.2, -0.15) is 0 Å². The molecule has 0 aliphatic heterocycles. The molecule has 0 bridgehead atoms. The Balaban J connectivity index is 2.57. The van der Waals surface area contributed by atoms with Crippen LogP contribution in [0.4, 0.5) is 0 Å². The van der Waals surface area contributed by atoms with Crippen molar-refractivity contribution in [1.82, 2.24) is 0 Å². The van der Waals surface area contributed by atoms with Gasteiger partial charge in [0.2, 0.25) is 0 Å². The lowest BCUT2D eigenvalue weighted by atomic mass is 10.0. The Morgan fingerprint density at radius 3 is 2.33 bits per heavy atom. The van der Waals surface area contributed by atoms with Gasteiger partial charge in [-0.1, -0.05) is 6.32 Å². The third kappa shape index (κ3) is 5.26. The average molecular weight is 248 g/mol. The van der Waals surface area contributed by atoms with Gasteiger partial charge in [-0.3, -0.25) is 0 Å². The lowest BCUT2D eigenvalue weighted by Gasteiger charge is -2.21. The Kier molecular flexibility index (Phi) is 5.26. The van der Waals surface area contributed by atoms with Crippen LogP contribution in [-0.2, 0) is 4.74 Å². The Bertz CT molecular complexity index is 379. The van der Waals surface area contributed by atoms with Crippen molar-refractivity contribution in [3.63, 3.8) is 0 Å². The van der Waals surface area contributed by atoms with Gasteiger partial charge in [-0.25, -0.2) is 4.79 Å². The molecule has 18 heavy (non-hydrogen) atoms. The lowest BCUT2D eigenvalue weighted by Crippen LogP contribution is -2.22. The fraction of sp³-hybridized carbons (Fsp3) is 0.500. The van der Waals surface area contributed by atoms with Crippen LogP contribution < -0.4 is 4.74 Å². The van der Waals surface area contributed by atoms with Gasteiger partial charge in [-0.05, 0) is 51.5 Å². The third-order valence-corrected chi connectivity index (χ3v) is 2.25. The number of ether oxygens (including phenoxy) is 2. The van der Waals surface area contributed by atoms with Crippen molar-refractivity contribution >= 4 is 13.8 Å². The van der Waals surface area contributed by atoms with Gasteiger partial charge in [0, 0.05) is 0 Å². The maximum Gasteiger partial charge on any atom is 0.338 e. The zero-order valence-electron chi connectivity index (χ0n) is 11.7. The Labute approximate surface area is 110 Å². The molecular formula is C14H21BO3. The van der Waals surface area contributed by atoms with E-state index in [9.17, 15) is 4.79 Å². The molecule has 0 saturated heterocycles. The Hall–Kier alpha value is -1.45. The number of hydrogen-bond acceptors (Lipinski definition) is 3. The first-order valence-corrected chi connectivity index (χ1v) is 6.38. The molecule has 4 heteroatoms. The maximum absolute atomic E-state index is 11.7. The SMILES string of the molecule is BCCCOC(=O)c1ccc(OC(C)(C)C)cc1. The van der Waals surface area contributed by atoms with Crippen LogP contribution in [0, 0.1) is 0 Å². The summed E-state index contributed by atoms with van der Waals surface area (Å²) in [6.07, 6.45) is 1.92. The van der Waals surface area contributed by atoms with Crippen LogP contribution in [-0.4, -0.2) is 26.0 Å². The molecule has 0 aliphatic rings. The van der Waals surface area contributed by atoms with E-state index in [2.05, 4.69) is 7.85 Å². The van der Waals surface area contributed by atoms with Crippen LogP contribution in [0.2, 0.25) is 6.32 Å². The van der Waals surface area contributed by atoms with Crippen LogP contribution in [0.25, 0.3) is 0 Å². The molecule has 3 nitrogen and oxygen atoms in total. The highest BCUT2D eigenvalue weighted by atomic mass is 16.5. The number of hydrogen-bond donors (Lipinski definition) is 0. The van der Waals surface area contributed by atoms with Crippen LogP contribution in [0.15, 0.2) is 24.3 Å². The smallest absolute Gasteiger partial charge is 0.338 e. The minimum Gasteiger partial charge on any atom is -0.488 e. The molecule has 1 rings (SSSR count). The largest absolute Gasteiger partial charge is 0.488 e. The fourth-order valence-electron chi connectivity index (χ4n) is 1.41. The highest BCUT2D eigenvalue weighted by Gasteiger charge is 2.12. The Morgan fingerprint density at radius 2 is 1.83 bits per heavy atom. The molecule has 1 aromatic rings. The van der Waals surface area contributed by atoms with Crippen molar-refractivity contribution in [1.29, 1.82) is 0 Å². The van der Waals surface area contributed by atoms with Gasteiger partial charge in [0.05, 0.1) is 12.2 Å². The van der Waals surface area contributed by atoms with Gasteiger partial charge in [0.1, 0.15) is 19.2 Å². The zero-order valence-corrected chi connectivity index (χ0v) is 11.7. The predicted molar refractivity (Wildman–Crippen MR) is 75.1 cm³/mol. The summed E-state index contributed by atoms with van der Waals surface area (Å²) in [5.74, 6) is 0.485. The average Bonchev–Trinajstić information content (AvgIpc) is 2.28. The second-order valence-corrected chi connectivity index (χ2v) is 5.23.